The van der Waals surface area contributed by atoms with Gasteiger partial charge in [-0.1, -0.05) is 6.08 Å². The maximum Gasteiger partial charge on any atom is 0.413 e. The van der Waals surface area contributed by atoms with Gasteiger partial charge in [-0.25, -0.2) is 14.6 Å². The van der Waals surface area contributed by atoms with Crippen molar-refractivity contribution in [2.24, 2.45) is 0 Å². The van der Waals surface area contributed by atoms with Gasteiger partial charge in [-0.15, -0.1) is 11.3 Å². The number of nitrogens with one attached hydrogen (secondary N) is 1. The van der Waals surface area contributed by atoms with Crippen LogP contribution in [-0.2, 0) is 9.47 Å². The highest BCUT2D eigenvalue weighted by Gasteiger charge is 2.27. The van der Waals surface area contributed by atoms with E-state index in [2.05, 4.69) is 10.3 Å². The van der Waals surface area contributed by atoms with E-state index in [9.17, 15) is 9.59 Å². The van der Waals surface area contributed by atoms with Crippen molar-refractivity contribution in [2.75, 3.05) is 19.0 Å². The lowest BCUT2D eigenvalue weighted by molar-refractivity contribution is 0.0636. The van der Waals surface area contributed by atoms with E-state index in [-0.39, 0.29) is 12.1 Å². The minimum Gasteiger partial charge on any atom is -0.447 e. The lowest BCUT2D eigenvalue weighted by Gasteiger charge is -2.18. The summed E-state index contributed by atoms with van der Waals surface area (Å²) in [6.45, 7) is 5.72. The Hall–Kier alpha value is -2.09. The Morgan fingerprint density at radius 3 is 2.91 bits per heavy atom. The molecule has 2 amide bonds. The van der Waals surface area contributed by atoms with Crippen molar-refractivity contribution in [3.8, 4) is 0 Å². The Morgan fingerprint density at radius 2 is 2.32 bits per heavy atom. The first kappa shape index (κ1) is 16.3. The van der Waals surface area contributed by atoms with E-state index in [4.69, 9.17) is 9.47 Å². The molecule has 0 saturated carbocycles. The Balaban J connectivity index is 1.91. The fourth-order valence-corrected chi connectivity index (χ4v) is 2.38. The summed E-state index contributed by atoms with van der Waals surface area (Å²) in [6.07, 6.45) is 2.77. The van der Waals surface area contributed by atoms with Crippen molar-refractivity contribution in [2.45, 2.75) is 32.4 Å². The van der Waals surface area contributed by atoms with Crippen LogP contribution in [0.2, 0.25) is 0 Å². The van der Waals surface area contributed by atoms with Crippen molar-refractivity contribution in [3.63, 3.8) is 0 Å². The number of rotatable bonds is 3. The minimum absolute atomic E-state index is 0.100. The van der Waals surface area contributed by atoms with Crippen molar-refractivity contribution in [1.82, 2.24) is 9.88 Å². The van der Waals surface area contributed by atoms with Crippen LogP contribution in [0.15, 0.2) is 11.5 Å². The summed E-state index contributed by atoms with van der Waals surface area (Å²) in [6, 6.07) is -0.100. The van der Waals surface area contributed by atoms with Gasteiger partial charge in [0.1, 0.15) is 12.2 Å². The number of hydrogen-bond donors (Lipinski definition) is 1. The summed E-state index contributed by atoms with van der Waals surface area (Å²) in [5.41, 5.74) is 0.146. The Labute approximate surface area is 132 Å². The summed E-state index contributed by atoms with van der Waals surface area (Å²) >= 11 is 1.30. The second kappa shape index (κ2) is 6.35. The number of ether oxygens (including phenoxy) is 2. The summed E-state index contributed by atoms with van der Waals surface area (Å²) in [5.74, 6) is 0. The maximum absolute atomic E-state index is 11.6. The molecule has 0 aromatic carbocycles. The van der Waals surface area contributed by atoms with Gasteiger partial charge in [0.05, 0.1) is 11.7 Å². The zero-order valence-electron chi connectivity index (χ0n) is 13.0. The predicted octanol–water partition coefficient (Wildman–Crippen LogP) is 2.95. The molecule has 0 spiro atoms. The quantitative estimate of drug-likeness (QED) is 0.924. The van der Waals surface area contributed by atoms with Crippen LogP contribution < -0.4 is 5.32 Å². The number of thiazole rings is 1. The van der Waals surface area contributed by atoms with Gasteiger partial charge < -0.3 is 14.4 Å². The molecule has 1 N–H and O–H groups in total. The van der Waals surface area contributed by atoms with Gasteiger partial charge in [-0.2, -0.15) is 0 Å². The van der Waals surface area contributed by atoms with Gasteiger partial charge in [0, 0.05) is 12.4 Å². The molecular weight excluding hydrogens is 306 g/mol. The molecule has 1 fully saturated rings. The average molecular weight is 325 g/mol. The van der Waals surface area contributed by atoms with E-state index in [1.807, 2.05) is 6.08 Å². The van der Waals surface area contributed by atoms with Gasteiger partial charge in [-0.3, -0.25) is 5.32 Å². The van der Waals surface area contributed by atoms with Crippen molar-refractivity contribution >= 4 is 34.7 Å². The lowest BCUT2D eigenvalue weighted by Crippen LogP contribution is -2.27. The molecule has 22 heavy (non-hydrogen) atoms. The maximum atomic E-state index is 11.6. The number of likely N-dealkylation sites (N-methyl/N-ethyl adjacent to an activating group) is 1. The molecule has 1 aliphatic heterocycles. The molecular formula is C14H19N3O4S. The van der Waals surface area contributed by atoms with Gasteiger partial charge in [0.2, 0.25) is 0 Å². The van der Waals surface area contributed by atoms with E-state index in [0.717, 1.165) is 0 Å². The highest BCUT2D eigenvalue weighted by molar-refractivity contribution is 7.14. The van der Waals surface area contributed by atoms with Gasteiger partial charge in [0.15, 0.2) is 5.13 Å². The molecule has 2 heterocycles. The second-order valence-corrected chi connectivity index (χ2v) is 6.68. The molecule has 0 bridgehead atoms. The van der Waals surface area contributed by atoms with Crippen molar-refractivity contribution in [3.05, 3.63) is 17.2 Å². The fourth-order valence-electron chi connectivity index (χ4n) is 1.71. The Morgan fingerprint density at radius 1 is 1.59 bits per heavy atom. The lowest BCUT2D eigenvalue weighted by atomic mass is 10.2. The molecule has 8 heteroatoms. The van der Waals surface area contributed by atoms with Crippen LogP contribution in [0.3, 0.4) is 0 Å². The van der Waals surface area contributed by atoms with Crippen LogP contribution in [0.1, 0.15) is 26.5 Å². The monoisotopic (exact) mass is 325 g/mol. The van der Waals surface area contributed by atoms with Crippen molar-refractivity contribution in [1.29, 1.82) is 0 Å². The molecule has 1 aromatic heterocycles. The van der Waals surface area contributed by atoms with Crippen LogP contribution in [0.25, 0.3) is 6.08 Å². The first-order chi connectivity index (χ1) is 10.2. The molecule has 0 radical (unpaired) electrons. The number of anilines is 1. The molecule has 1 unspecified atom stereocenters. The third kappa shape index (κ3) is 4.45. The molecule has 1 aliphatic rings. The first-order valence-corrected chi connectivity index (χ1v) is 7.66. The number of carbonyl (C=O) groups excluding carboxylic acids is 2. The topological polar surface area (TPSA) is 80.8 Å². The summed E-state index contributed by atoms with van der Waals surface area (Å²) in [4.78, 5) is 28.6. The second-order valence-electron chi connectivity index (χ2n) is 5.82. The highest BCUT2D eigenvalue weighted by atomic mass is 32.1. The molecule has 1 aromatic rings. The predicted molar refractivity (Wildman–Crippen MR) is 83.9 cm³/mol. The van der Waals surface area contributed by atoms with Crippen LogP contribution >= 0.6 is 11.3 Å². The normalized spacial score (nSPS) is 18.6. The minimum atomic E-state index is -0.552. The third-order valence-electron chi connectivity index (χ3n) is 2.78. The number of nitrogens with zero attached hydrogens (tertiary/aromatic N) is 2. The van der Waals surface area contributed by atoms with E-state index < -0.39 is 11.7 Å². The van der Waals surface area contributed by atoms with Gasteiger partial charge in [-0.05, 0) is 26.8 Å². The smallest absolute Gasteiger partial charge is 0.413 e. The Bertz CT molecular complexity index is 591. The largest absolute Gasteiger partial charge is 0.447 e. The molecule has 2 rings (SSSR count). The Kier molecular flexibility index (Phi) is 4.70. The highest BCUT2D eigenvalue weighted by Crippen LogP contribution is 2.19. The van der Waals surface area contributed by atoms with Crippen LogP contribution in [0.4, 0.5) is 14.7 Å². The van der Waals surface area contributed by atoms with E-state index >= 15 is 0 Å². The van der Waals surface area contributed by atoms with E-state index in [0.29, 0.717) is 17.4 Å². The summed E-state index contributed by atoms with van der Waals surface area (Å²) in [5, 5.41) is 4.85. The summed E-state index contributed by atoms with van der Waals surface area (Å²) < 4.78 is 10.1. The molecule has 0 aliphatic carbocycles. The van der Waals surface area contributed by atoms with Gasteiger partial charge >= 0.3 is 12.2 Å². The zero-order valence-corrected chi connectivity index (χ0v) is 13.8. The number of cyclic esters (lactones) is 1. The van der Waals surface area contributed by atoms with Crippen LogP contribution in [0.5, 0.6) is 0 Å². The average Bonchev–Trinajstić information content (AvgIpc) is 2.94. The van der Waals surface area contributed by atoms with Crippen LogP contribution in [-0.4, -0.2) is 47.4 Å². The van der Waals surface area contributed by atoms with E-state index in [1.54, 1.807) is 39.3 Å². The summed E-state index contributed by atoms with van der Waals surface area (Å²) in [7, 11) is 1.68. The van der Waals surface area contributed by atoms with Crippen LogP contribution in [0, 0.1) is 0 Å². The SMILES string of the molecule is CN1C(=O)OCC1/C=C/c1csc(NC(=O)OC(C)(C)C)n1. The standard InChI is InChI=1S/C14H19N3O4S/c1-14(2,3)21-12(18)16-11-15-9(8-22-11)5-6-10-7-20-13(19)17(10)4/h5-6,8,10H,7H2,1-4H3,(H,15,16,18)/b6-5+. The van der Waals surface area contributed by atoms with Crippen molar-refractivity contribution < 1.29 is 19.1 Å². The zero-order chi connectivity index (χ0) is 16.3. The first-order valence-electron chi connectivity index (χ1n) is 6.78. The number of hydrogen-bond acceptors (Lipinski definition) is 6. The van der Waals surface area contributed by atoms with Gasteiger partial charge in [0.25, 0.3) is 0 Å². The molecule has 120 valence electrons. The number of aromatic nitrogens is 1. The fraction of sp³-hybridized carbons (Fsp3) is 0.500. The third-order valence-corrected chi connectivity index (χ3v) is 3.56. The molecule has 1 atom stereocenters. The number of carbonyl (C=O) groups is 2. The molecule has 7 nitrogen and oxygen atoms in total. The van der Waals surface area contributed by atoms with E-state index in [1.165, 1.54) is 16.2 Å². The number of amides is 2. The molecule has 1 saturated heterocycles.